The van der Waals surface area contributed by atoms with Crippen molar-refractivity contribution in [2.24, 2.45) is 0 Å². The normalized spacial score (nSPS) is 11.0. The first-order valence-electron chi connectivity index (χ1n) is 8.91. The van der Waals surface area contributed by atoms with E-state index in [1.807, 2.05) is 36.4 Å². The van der Waals surface area contributed by atoms with Gasteiger partial charge < -0.3 is 16.2 Å². The molecule has 0 heterocycles. The molecule has 0 aliphatic carbocycles. The van der Waals surface area contributed by atoms with Crippen molar-refractivity contribution >= 4 is 23.1 Å². The molecule has 2 aromatic rings. The minimum absolute atomic E-state index is 0.609. The number of anilines is 2. The van der Waals surface area contributed by atoms with Gasteiger partial charge in [0.25, 0.3) is 0 Å². The van der Waals surface area contributed by atoms with E-state index in [1.165, 1.54) is 12.8 Å². The Balaban J connectivity index is 1.98. The van der Waals surface area contributed by atoms with Crippen molar-refractivity contribution in [2.45, 2.75) is 36.5 Å². The summed E-state index contributed by atoms with van der Waals surface area (Å²) in [5, 5.41) is 0. The highest BCUT2D eigenvalue weighted by Gasteiger charge is 2.08. The van der Waals surface area contributed by atoms with Crippen LogP contribution in [0.5, 0.6) is 5.75 Å². The van der Waals surface area contributed by atoms with Gasteiger partial charge in [0.05, 0.1) is 16.3 Å². The molecule has 0 saturated heterocycles. The average molecular weight is 360 g/mol. The number of hydrogen-bond acceptors (Lipinski definition) is 5. The summed E-state index contributed by atoms with van der Waals surface area (Å²) in [6, 6.07) is 13.9. The van der Waals surface area contributed by atoms with Gasteiger partial charge in [0.1, 0.15) is 12.4 Å². The Kier molecular flexibility index (Phi) is 7.95. The fourth-order valence-corrected chi connectivity index (χ4v) is 3.60. The molecule has 0 saturated carbocycles. The molecule has 0 unspecified atom stereocenters. The molecule has 0 aromatic heterocycles. The van der Waals surface area contributed by atoms with Gasteiger partial charge in [-0.1, -0.05) is 37.7 Å². The molecule has 0 aliphatic heterocycles. The molecule has 4 N–H and O–H groups in total. The number of benzene rings is 2. The van der Waals surface area contributed by atoms with Gasteiger partial charge in [-0.2, -0.15) is 0 Å². The van der Waals surface area contributed by atoms with E-state index in [4.69, 9.17) is 16.2 Å². The zero-order valence-corrected chi connectivity index (χ0v) is 16.0. The second-order valence-corrected chi connectivity index (χ2v) is 7.14. The minimum atomic E-state index is 0.609. The van der Waals surface area contributed by atoms with E-state index in [9.17, 15) is 0 Å². The lowest BCUT2D eigenvalue weighted by molar-refractivity contribution is 0.206. The number of para-hydroxylation sites is 1. The summed E-state index contributed by atoms with van der Waals surface area (Å²) >= 11 is 1.64. The predicted molar refractivity (Wildman–Crippen MR) is 108 cm³/mol. The van der Waals surface area contributed by atoms with Crippen molar-refractivity contribution in [1.82, 2.24) is 4.90 Å². The molecule has 136 valence electrons. The third-order valence-electron chi connectivity index (χ3n) is 3.88. The van der Waals surface area contributed by atoms with E-state index in [0.29, 0.717) is 18.0 Å². The molecule has 0 amide bonds. The van der Waals surface area contributed by atoms with Crippen LogP contribution in [0.15, 0.2) is 52.3 Å². The third kappa shape index (κ3) is 6.18. The predicted octanol–water partition coefficient (Wildman–Crippen LogP) is 4.50. The number of ether oxygens (including phenoxy) is 1. The molecule has 2 rings (SSSR count). The summed E-state index contributed by atoms with van der Waals surface area (Å²) in [6.07, 6.45) is 2.34. The summed E-state index contributed by atoms with van der Waals surface area (Å²) in [6.45, 7) is 8.33. The summed E-state index contributed by atoms with van der Waals surface area (Å²) in [4.78, 5) is 4.60. The van der Waals surface area contributed by atoms with Crippen LogP contribution in [0.4, 0.5) is 11.4 Å². The molecule has 0 bridgehead atoms. The van der Waals surface area contributed by atoms with Crippen LogP contribution >= 0.6 is 11.8 Å². The standard InChI is InChI=1S/C20H29N3OS/c1-3-11-23(12-4-2)13-14-24-19-7-5-6-8-20(19)25-16-9-10-17(21)18(22)15-16/h5-10,15H,3-4,11-14,21-22H2,1-2H3. The summed E-state index contributed by atoms with van der Waals surface area (Å²) < 4.78 is 6.07. The number of hydrogen-bond donors (Lipinski definition) is 2. The highest BCUT2D eigenvalue weighted by atomic mass is 32.2. The molecule has 2 aromatic carbocycles. The lowest BCUT2D eigenvalue weighted by atomic mass is 10.3. The number of rotatable bonds is 10. The minimum Gasteiger partial charge on any atom is -0.491 e. The van der Waals surface area contributed by atoms with Crippen LogP contribution in [0.1, 0.15) is 26.7 Å². The van der Waals surface area contributed by atoms with E-state index in [-0.39, 0.29) is 0 Å². The van der Waals surface area contributed by atoms with Crippen molar-refractivity contribution in [3.05, 3.63) is 42.5 Å². The van der Waals surface area contributed by atoms with Gasteiger partial charge in [0, 0.05) is 11.4 Å². The van der Waals surface area contributed by atoms with E-state index in [0.717, 1.165) is 35.2 Å². The van der Waals surface area contributed by atoms with Crippen LogP contribution in [0.25, 0.3) is 0 Å². The number of nitrogens with two attached hydrogens (primary N) is 2. The highest BCUT2D eigenvalue weighted by molar-refractivity contribution is 7.99. The monoisotopic (exact) mass is 359 g/mol. The Morgan fingerprint density at radius 1 is 0.920 bits per heavy atom. The highest BCUT2D eigenvalue weighted by Crippen LogP contribution is 2.36. The maximum absolute atomic E-state index is 6.07. The van der Waals surface area contributed by atoms with Gasteiger partial charge in [-0.25, -0.2) is 0 Å². The smallest absolute Gasteiger partial charge is 0.133 e. The van der Waals surface area contributed by atoms with Gasteiger partial charge in [0.15, 0.2) is 0 Å². The first-order valence-corrected chi connectivity index (χ1v) is 9.72. The SMILES string of the molecule is CCCN(CCC)CCOc1ccccc1Sc1ccc(N)c(N)c1. The molecule has 0 radical (unpaired) electrons. The van der Waals surface area contributed by atoms with Gasteiger partial charge in [-0.15, -0.1) is 0 Å². The van der Waals surface area contributed by atoms with Crippen molar-refractivity contribution in [1.29, 1.82) is 0 Å². The van der Waals surface area contributed by atoms with E-state index >= 15 is 0 Å². The first-order chi connectivity index (χ1) is 12.1. The second-order valence-electron chi connectivity index (χ2n) is 6.03. The lowest BCUT2D eigenvalue weighted by Crippen LogP contribution is -2.30. The maximum Gasteiger partial charge on any atom is 0.133 e. The fourth-order valence-electron chi connectivity index (χ4n) is 2.65. The largest absolute Gasteiger partial charge is 0.491 e. The van der Waals surface area contributed by atoms with Crippen molar-refractivity contribution in [3.63, 3.8) is 0 Å². The van der Waals surface area contributed by atoms with Crippen LogP contribution in [0, 0.1) is 0 Å². The summed E-state index contributed by atoms with van der Waals surface area (Å²) in [7, 11) is 0. The van der Waals surface area contributed by atoms with Crippen molar-refractivity contribution < 1.29 is 4.74 Å². The van der Waals surface area contributed by atoms with Crippen molar-refractivity contribution in [3.8, 4) is 5.75 Å². The summed E-state index contributed by atoms with van der Waals surface area (Å²) in [5.41, 5.74) is 12.9. The molecule has 4 nitrogen and oxygen atoms in total. The number of nitrogen functional groups attached to an aromatic ring is 2. The third-order valence-corrected chi connectivity index (χ3v) is 4.93. The summed E-state index contributed by atoms with van der Waals surface area (Å²) in [5.74, 6) is 0.913. The Hall–Kier alpha value is -1.85. The Labute approximate surface area is 155 Å². The Morgan fingerprint density at radius 2 is 1.64 bits per heavy atom. The van der Waals surface area contributed by atoms with Gasteiger partial charge >= 0.3 is 0 Å². The maximum atomic E-state index is 6.07. The van der Waals surface area contributed by atoms with Crippen LogP contribution < -0.4 is 16.2 Å². The fraction of sp³-hybridized carbons (Fsp3) is 0.400. The number of nitrogens with zero attached hydrogens (tertiary/aromatic N) is 1. The second kappa shape index (κ2) is 10.2. The lowest BCUT2D eigenvalue weighted by Gasteiger charge is -2.21. The topological polar surface area (TPSA) is 64.5 Å². The van der Waals surface area contributed by atoms with E-state index < -0.39 is 0 Å². The quantitative estimate of drug-likeness (QED) is 0.611. The molecular weight excluding hydrogens is 330 g/mol. The molecule has 0 fully saturated rings. The zero-order valence-electron chi connectivity index (χ0n) is 15.2. The Bertz CT molecular complexity index is 657. The van der Waals surface area contributed by atoms with Crippen LogP contribution in [-0.2, 0) is 0 Å². The average Bonchev–Trinajstić information content (AvgIpc) is 2.60. The van der Waals surface area contributed by atoms with Gasteiger partial charge in [0.2, 0.25) is 0 Å². The van der Waals surface area contributed by atoms with E-state index in [1.54, 1.807) is 11.8 Å². The van der Waals surface area contributed by atoms with Crippen LogP contribution in [0.3, 0.4) is 0 Å². The molecule has 5 heteroatoms. The van der Waals surface area contributed by atoms with Crippen LogP contribution in [-0.4, -0.2) is 31.1 Å². The Morgan fingerprint density at radius 3 is 2.32 bits per heavy atom. The first kappa shape index (κ1) is 19.5. The van der Waals surface area contributed by atoms with Gasteiger partial charge in [-0.3, -0.25) is 4.90 Å². The molecule has 0 spiro atoms. The van der Waals surface area contributed by atoms with E-state index in [2.05, 4.69) is 24.8 Å². The molecule has 25 heavy (non-hydrogen) atoms. The molecule has 0 aliphatic rings. The van der Waals surface area contributed by atoms with Crippen molar-refractivity contribution in [2.75, 3.05) is 37.7 Å². The van der Waals surface area contributed by atoms with Crippen LogP contribution in [0.2, 0.25) is 0 Å². The zero-order chi connectivity index (χ0) is 18.1. The van der Waals surface area contributed by atoms with Gasteiger partial charge in [-0.05, 0) is 56.3 Å². The molecule has 0 atom stereocenters. The molecular formula is C20H29N3OS.